The van der Waals surface area contributed by atoms with E-state index in [9.17, 15) is 0 Å². The Labute approximate surface area is 60.5 Å². The zero-order chi connectivity index (χ0) is 5.40. The summed E-state index contributed by atoms with van der Waals surface area (Å²) in [6.45, 7) is 2.14. The molecule has 2 aliphatic rings. The monoisotopic (exact) mass is 144 g/mol. The highest BCUT2D eigenvalue weighted by atomic mass is 35.5. The summed E-state index contributed by atoms with van der Waals surface area (Å²) in [5, 5.41) is 3.26. The molecule has 2 aliphatic heterocycles. The number of nitrogens with one attached hydrogen (secondary N) is 1. The normalized spacial score (nSPS) is 29.3. The van der Waals surface area contributed by atoms with Crippen molar-refractivity contribution in [2.45, 2.75) is 0 Å². The van der Waals surface area contributed by atoms with Crippen LogP contribution in [0.2, 0.25) is 0 Å². The SMILES string of the molecule is C1=NC=C2CNCC12.Cl. The fraction of sp³-hybridized carbons (Fsp3) is 0.500. The van der Waals surface area contributed by atoms with Crippen molar-refractivity contribution in [2.75, 3.05) is 13.1 Å². The minimum atomic E-state index is 0. The summed E-state index contributed by atoms with van der Waals surface area (Å²) >= 11 is 0. The number of halogens is 1. The molecule has 0 aromatic carbocycles. The number of hydrogen-bond donors (Lipinski definition) is 1. The van der Waals surface area contributed by atoms with E-state index in [1.165, 1.54) is 5.57 Å². The molecular weight excluding hydrogens is 136 g/mol. The van der Waals surface area contributed by atoms with Gasteiger partial charge in [0, 0.05) is 31.4 Å². The second-order valence-corrected chi connectivity index (χ2v) is 2.24. The minimum absolute atomic E-state index is 0. The largest absolute Gasteiger partial charge is 0.312 e. The van der Waals surface area contributed by atoms with E-state index in [0.29, 0.717) is 5.92 Å². The number of aliphatic imine (C=N–C) groups is 1. The first-order chi connectivity index (χ1) is 3.97. The third-order valence-corrected chi connectivity index (χ3v) is 1.68. The molecule has 1 atom stereocenters. The molecule has 0 saturated carbocycles. The topological polar surface area (TPSA) is 24.4 Å². The molecule has 3 heteroatoms. The van der Waals surface area contributed by atoms with Gasteiger partial charge in [-0.1, -0.05) is 0 Å². The third kappa shape index (κ3) is 1.00. The smallest absolute Gasteiger partial charge is 0.0308 e. The van der Waals surface area contributed by atoms with Gasteiger partial charge in [-0.05, 0) is 5.57 Å². The van der Waals surface area contributed by atoms with Gasteiger partial charge in [0.1, 0.15) is 0 Å². The maximum absolute atomic E-state index is 4.04. The summed E-state index contributed by atoms with van der Waals surface area (Å²) in [6.07, 6.45) is 3.97. The van der Waals surface area contributed by atoms with E-state index in [-0.39, 0.29) is 12.4 Å². The van der Waals surface area contributed by atoms with Crippen molar-refractivity contribution in [3.63, 3.8) is 0 Å². The van der Waals surface area contributed by atoms with Crippen LogP contribution in [-0.2, 0) is 0 Å². The molecule has 1 N–H and O–H groups in total. The summed E-state index contributed by atoms with van der Waals surface area (Å²) < 4.78 is 0. The quantitative estimate of drug-likeness (QED) is 0.529. The molecule has 0 radical (unpaired) electrons. The van der Waals surface area contributed by atoms with Gasteiger partial charge in [0.15, 0.2) is 0 Å². The second-order valence-electron chi connectivity index (χ2n) is 2.24. The number of hydrogen-bond acceptors (Lipinski definition) is 2. The Hall–Kier alpha value is -0.340. The number of rotatable bonds is 0. The lowest BCUT2D eigenvalue weighted by Gasteiger charge is -1.92. The maximum Gasteiger partial charge on any atom is 0.0308 e. The van der Waals surface area contributed by atoms with Gasteiger partial charge < -0.3 is 5.32 Å². The molecule has 9 heavy (non-hydrogen) atoms. The second kappa shape index (κ2) is 2.50. The first kappa shape index (κ1) is 6.78. The summed E-state index contributed by atoms with van der Waals surface area (Å²) in [7, 11) is 0. The highest BCUT2D eigenvalue weighted by Gasteiger charge is 2.20. The Balaban J connectivity index is 0.000000405. The minimum Gasteiger partial charge on any atom is -0.312 e. The Morgan fingerprint density at radius 1 is 1.67 bits per heavy atom. The molecule has 1 saturated heterocycles. The van der Waals surface area contributed by atoms with Crippen LogP contribution < -0.4 is 5.32 Å². The summed E-state index contributed by atoms with van der Waals surface area (Å²) in [4.78, 5) is 4.04. The van der Waals surface area contributed by atoms with Gasteiger partial charge in [0.2, 0.25) is 0 Å². The van der Waals surface area contributed by atoms with Gasteiger partial charge in [0.25, 0.3) is 0 Å². The summed E-state index contributed by atoms with van der Waals surface area (Å²) in [5.74, 6) is 0.634. The highest BCUT2D eigenvalue weighted by Crippen LogP contribution is 2.17. The first-order valence-corrected chi connectivity index (χ1v) is 2.90. The average Bonchev–Trinajstić information content (AvgIpc) is 2.15. The van der Waals surface area contributed by atoms with Crippen molar-refractivity contribution in [2.24, 2.45) is 10.9 Å². The number of fused-ring (bicyclic) bond motifs is 1. The van der Waals surface area contributed by atoms with Gasteiger partial charge in [-0.2, -0.15) is 0 Å². The Morgan fingerprint density at radius 2 is 2.56 bits per heavy atom. The molecule has 2 heterocycles. The lowest BCUT2D eigenvalue weighted by atomic mass is 10.1. The average molecular weight is 145 g/mol. The zero-order valence-electron chi connectivity index (χ0n) is 5.00. The van der Waals surface area contributed by atoms with Crippen LogP contribution >= 0.6 is 12.4 Å². The highest BCUT2D eigenvalue weighted by molar-refractivity contribution is 5.85. The molecule has 2 nitrogen and oxygen atoms in total. The number of nitrogens with zero attached hydrogens (tertiary/aromatic N) is 1. The summed E-state index contributed by atoms with van der Waals surface area (Å²) in [6, 6.07) is 0. The fourth-order valence-electron chi connectivity index (χ4n) is 1.17. The molecule has 0 amide bonds. The van der Waals surface area contributed by atoms with E-state index < -0.39 is 0 Å². The van der Waals surface area contributed by atoms with Crippen molar-refractivity contribution < 1.29 is 0 Å². The molecule has 0 aliphatic carbocycles. The summed E-state index contributed by atoms with van der Waals surface area (Å²) in [5.41, 5.74) is 1.45. The Kier molecular flexibility index (Phi) is 1.88. The van der Waals surface area contributed by atoms with E-state index in [1.807, 2.05) is 12.4 Å². The molecule has 2 rings (SSSR count). The van der Waals surface area contributed by atoms with E-state index in [4.69, 9.17) is 0 Å². The Morgan fingerprint density at radius 3 is 3.33 bits per heavy atom. The predicted molar refractivity (Wildman–Crippen MR) is 40.2 cm³/mol. The fourth-order valence-corrected chi connectivity index (χ4v) is 1.17. The predicted octanol–water partition coefficient (Wildman–Crippen LogP) is 0.596. The van der Waals surface area contributed by atoms with E-state index in [2.05, 4.69) is 10.3 Å². The molecule has 0 bridgehead atoms. The van der Waals surface area contributed by atoms with Crippen LogP contribution in [0, 0.1) is 5.92 Å². The molecule has 1 unspecified atom stereocenters. The van der Waals surface area contributed by atoms with Gasteiger partial charge >= 0.3 is 0 Å². The van der Waals surface area contributed by atoms with E-state index >= 15 is 0 Å². The van der Waals surface area contributed by atoms with Crippen LogP contribution in [0.1, 0.15) is 0 Å². The standard InChI is InChI=1S/C6H8N2.ClH/c1-5-2-8-4-6(5)3-7-1;/h1,3,5,8H,2,4H2;1H. The molecule has 0 aromatic heterocycles. The lowest BCUT2D eigenvalue weighted by Crippen LogP contribution is -2.08. The molecule has 50 valence electrons. The maximum atomic E-state index is 4.04. The van der Waals surface area contributed by atoms with Crippen LogP contribution in [0.3, 0.4) is 0 Å². The van der Waals surface area contributed by atoms with Crippen molar-refractivity contribution in [1.82, 2.24) is 5.32 Å². The van der Waals surface area contributed by atoms with E-state index in [0.717, 1.165) is 13.1 Å². The van der Waals surface area contributed by atoms with Gasteiger partial charge in [-0.25, -0.2) is 0 Å². The van der Waals surface area contributed by atoms with Crippen LogP contribution in [0.25, 0.3) is 0 Å². The van der Waals surface area contributed by atoms with Crippen molar-refractivity contribution in [1.29, 1.82) is 0 Å². The first-order valence-electron chi connectivity index (χ1n) is 2.90. The van der Waals surface area contributed by atoms with Crippen LogP contribution in [0.4, 0.5) is 0 Å². The van der Waals surface area contributed by atoms with Gasteiger partial charge in [0.05, 0.1) is 0 Å². The van der Waals surface area contributed by atoms with Gasteiger partial charge in [-0.15, -0.1) is 12.4 Å². The van der Waals surface area contributed by atoms with Crippen molar-refractivity contribution in [3.8, 4) is 0 Å². The lowest BCUT2D eigenvalue weighted by molar-refractivity contribution is 0.816. The molecule has 0 aromatic rings. The zero-order valence-corrected chi connectivity index (χ0v) is 5.82. The van der Waals surface area contributed by atoms with Crippen molar-refractivity contribution in [3.05, 3.63) is 11.8 Å². The van der Waals surface area contributed by atoms with E-state index in [1.54, 1.807) is 0 Å². The van der Waals surface area contributed by atoms with Crippen LogP contribution in [0.15, 0.2) is 16.8 Å². The van der Waals surface area contributed by atoms with Crippen molar-refractivity contribution >= 4 is 18.6 Å². The third-order valence-electron chi connectivity index (χ3n) is 1.68. The molecule has 1 fully saturated rings. The van der Waals surface area contributed by atoms with Gasteiger partial charge in [-0.3, -0.25) is 4.99 Å². The Bertz CT molecular complexity index is 162. The molecular formula is C6H9ClN2. The van der Waals surface area contributed by atoms with Crippen LogP contribution in [0.5, 0.6) is 0 Å². The van der Waals surface area contributed by atoms with Crippen LogP contribution in [-0.4, -0.2) is 19.3 Å². The molecule has 0 spiro atoms.